The van der Waals surface area contributed by atoms with Crippen molar-refractivity contribution in [2.45, 2.75) is 25.7 Å². The molecule has 1 unspecified atom stereocenters. The molecular formula is C15H20FN3. The van der Waals surface area contributed by atoms with Gasteiger partial charge in [-0.1, -0.05) is 13.8 Å². The highest BCUT2D eigenvalue weighted by Crippen LogP contribution is 2.38. The first-order valence-electron chi connectivity index (χ1n) is 6.88. The topological polar surface area (TPSA) is 29.9 Å². The van der Waals surface area contributed by atoms with Crippen molar-refractivity contribution < 1.29 is 4.39 Å². The Kier molecular flexibility index (Phi) is 2.86. The zero-order valence-corrected chi connectivity index (χ0v) is 11.7. The summed E-state index contributed by atoms with van der Waals surface area (Å²) in [6.07, 6.45) is 1.09. The monoisotopic (exact) mass is 261 g/mol. The summed E-state index contributed by atoms with van der Waals surface area (Å²) < 4.78 is 15.5. The Morgan fingerprint density at radius 2 is 2.21 bits per heavy atom. The van der Waals surface area contributed by atoms with Gasteiger partial charge in [0.05, 0.1) is 11.0 Å². The fourth-order valence-corrected chi connectivity index (χ4v) is 3.27. The van der Waals surface area contributed by atoms with E-state index in [1.165, 1.54) is 12.1 Å². The van der Waals surface area contributed by atoms with Crippen LogP contribution in [0, 0.1) is 11.7 Å². The molecule has 19 heavy (non-hydrogen) atoms. The average Bonchev–Trinajstić information content (AvgIpc) is 2.95. The van der Waals surface area contributed by atoms with Crippen molar-refractivity contribution in [3.05, 3.63) is 29.8 Å². The van der Waals surface area contributed by atoms with Gasteiger partial charge in [-0.05, 0) is 31.0 Å². The molecule has 0 aliphatic carbocycles. The molecule has 0 radical (unpaired) electrons. The molecule has 1 fully saturated rings. The lowest BCUT2D eigenvalue weighted by Crippen LogP contribution is -2.37. The van der Waals surface area contributed by atoms with Crippen LogP contribution < -0.4 is 5.32 Å². The highest BCUT2D eigenvalue weighted by Gasteiger charge is 2.42. The van der Waals surface area contributed by atoms with Gasteiger partial charge in [0.1, 0.15) is 11.6 Å². The van der Waals surface area contributed by atoms with Crippen LogP contribution in [0.4, 0.5) is 4.39 Å². The van der Waals surface area contributed by atoms with E-state index in [9.17, 15) is 4.39 Å². The van der Waals surface area contributed by atoms with E-state index in [0.717, 1.165) is 36.4 Å². The van der Waals surface area contributed by atoms with Gasteiger partial charge in [-0.25, -0.2) is 9.37 Å². The van der Waals surface area contributed by atoms with Crippen molar-refractivity contribution in [1.29, 1.82) is 0 Å². The molecule has 0 bridgehead atoms. The second kappa shape index (κ2) is 4.30. The quantitative estimate of drug-likeness (QED) is 0.900. The minimum absolute atomic E-state index is 0.0598. The predicted octanol–water partition coefficient (Wildman–Crippen LogP) is 2.60. The van der Waals surface area contributed by atoms with Crippen molar-refractivity contribution in [2.24, 2.45) is 13.0 Å². The van der Waals surface area contributed by atoms with Gasteiger partial charge in [-0.3, -0.25) is 0 Å². The van der Waals surface area contributed by atoms with Crippen molar-refractivity contribution in [3.63, 3.8) is 0 Å². The third-order valence-corrected chi connectivity index (χ3v) is 4.58. The summed E-state index contributed by atoms with van der Waals surface area (Å²) in [6, 6.07) is 4.84. The summed E-state index contributed by atoms with van der Waals surface area (Å²) in [5.41, 5.74) is 1.82. The van der Waals surface area contributed by atoms with Gasteiger partial charge >= 0.3 is 0 Å². The number of aromatic nitrogens is 2. The van der Waals surface area contributed by atoms with E-state index < -0.39 is 0 Å². The van der Waals surface area contributed by atoms with Crippen LogP contribution in [0.15, 0.2) is 18.2 Å². The van der Waals surface area contributed by atoms with Crippen LogP contribution in [0.1, 0.15) is 26.1 Å². The summed E-state index contributed by atoms with van der Waals surface area (Å²) in [7, 11) is 2.03. The number of rotatable bonds is 2. The van der Waals surface area contributed by atoms with Gasteiger partial charge in [0, 0.05) is 25.1 Å². The Labute approximate surface area is 112 Å². The number of aryl methyl sites for hydroxylation is 1. The number of nitrogens with one attached hydrogen (secondary N) is 1. The minimum atomic E-state index is -0.222. The van der Waals surface area contributed by atoms with E-state index in [1.54, 1.807) is 0 Å². The molecule has 3 rings (SSSR count). The van der Waals surface area contributed by atoms with Crippen molar-refractivity contribution >= 4 is 11.0 Å². The normalized spacial score (nSPS) is 23.6. The molecule has 102 valence electrons. The van der Waals surface area contributed by atoms with E-state index in [0.29, 0.717) is 5.92 Å². The Hall–Kier alpha value is -1.42. The molecule has 1 N–H and O–H groups in total. The summed E-state index contributed by atoms with van der Waals surface area (Å²) in [5.74, 6) is 1.36. The molecule has 1 aromatic heterocycles. The Morgan fingerprint density at radius 1 is 1.42 bits per heavy atom. The van der Waals surface area contributed by atoms with E-state index in [4.69, 9.17) is 4.98 Å². The maximum Gasteiger partial charge on any atom is 0.125 e. The van der Waals surface area contributed by atoms with Gasteiger partial charge in [0.2, 0.25) is 0 Å². The van der Waals surface area contributed by atoms with Crippen LogP contribution in [0.3, 0.4) is 0 Å². The minimum Gasteiger partial charge on any atom is -0.331 e. The fraction of sp³-hybridized carbons (Fsp3) is 0.533. The van der Waals surface area contributed by atoms with Gasteiger partial charge < -0.3 is 9.88 Å². The van der Waals surface area contributed by atoms with Crippen molar-refractivity contribution in [1.82, 2.24) is 14.9 Å². The average molecular weight is 261 g/mol. The molecule has 1 saturated heterocycles. The van der Waals surface area contributed by atoms with Crippen LogP contribution in [-0.2, 0) is 12.5 Å². The number of benzene rings is 1. The second-order valence-electron chi connectivity index (χ2n) is 5.87. The molecule has 3 nitrogen and oxygen atoms in total. The van der Waals surface area contributed by atoms with Crippen molar-refractivity contribution in [3.8, 4) is 0 Å². The zero-order chi connectivity index (χ0) is 13.6. The molecule has 1 atom stereocenters. The van der Waals surface area contributed by atoms with Crippen molar-refractivity contribution in [2.75, 3.05) is 13.1 Å². The third-order valence-electron chi connectivity index (χ3n) is 4.58. The lowest BCUT2D eigenvalue weighted by atomic mass is 9.75. The van der Waals surface area contributed by atoms with Crippen LogP contribution in [0.5, 0.6) is 0 Å². The van der Waals surface area contributed by atoms with Gasteiger partial charge in [0.25, 0.3) is 0 Å². The Bertz CT molecular complexity index is 609. The molecule has 1 aliphatic heterocycles. The number of fused-ring (bicyclic) bond motifs is 1. The molecular weight excluding hydrogens is 241 g/mol. The van der Waals surface area contributed by atoms with Crippen LogP contribution in [-0.4, -0.2) is 22.6 Å². The first-order valence-corrected chi connectivity index (χ1v) is 6.88. The van der Waals surface area contributed by atoms with Crippen LogP contribution in [0.25, 0.3) is 11.0 Å². The standard InChI is InChI=1S/C15H20FN3/c1-10(2)15(6-7-17-9-15)14-18-12-8-11(16)4-5-13(12)19(14)3/h4-5,8,10,17H,6-7,9H2,1-3H3. The SMILES string of the molecule is CC(C)C1(c2nc3cc(F)ccc3n2C)CCNC1. The van der Waals surface area contributed by atoms with E-state index in [1.807, 2.05) is 13.1 Å². The second-order valence-corrected chi connectivity index (χ2v) is 5.87. The number of imidazole rings is 1. The molecule has 0 saturated carbocycles. The first-order chi connectivity index (χ1) is 9.04. The number of halogens is 1. The number of hydrogen-bond acceptors (Lipinski definition) is 2. The highest BCUT2D eigenvalue weighted by molar-refractivity contribution is 5.76. The molecule has 1 aromatic carbocycles. The molecule has 1 aliphatic rings. The largest absolute Gasteiger partial charge is 0.331 e. The Balaban J connectivity index is 2.21. The van der Waals surface area contributed by atoms with Crippen LogP contribution in [0.2, 0.25) is 0 Å². The van der Waals surface area contributed by atoms with Gasteiger partial charge in [-0.15, -0.1) is 0 Å². The summed E-state index contributed by atoms with van der Waals surface area (Å²) in [6.45, 7) is 6.46. The van der Waals surface area contributed by atoms with E-state index >= 15 is 0 Å². The molecule has 4 heteroatoms. The highest BCUT2D eigenvalue weighted by atomic mass is 19.1. The summed E-state index contributed by atoms with van der Waals surface area (Å²) >= 11 is 0. The fourth-order valence-electron chi connectivity index (χ4n) is 3.27. The molecule has 2 aromatic rings. The molecule has 2 heterocycles. The number of nitrogens with zero attached hydrogens (tertiary/aromatic N) is 2. The first kappa shape index (κ1) is 12.6. The summed E-state index contributed by atoms with van der Waals surface area (Å²) in [5, 5.41) is 3.45. The lowest BCUT2D eigenvalue weighted by Gasteiger charge is -2.32. The van der Waals surface area contributed by atoms with Gasteiger partial charge in [-0.2, -0.15) is 0 Å². The maximum atomic E-state index is 13.3. The third kappa shape index (κ3) is 1.77. The lowest BCUT2D eigenvalue weighted by molar-refractivity contribution is 0.311. The molecule has 0 spiro atoms. The maximum absolute atomic E-state index is 13.3. The summed E-state index contributed by atoms with van der Waals surface area (Å²) in [4.78, 5) is 4.73. The predicted molar refractivity (Wildman–Crippen MR) is 74.7 cm³/mol. The zero-order valence-electron chi connectivity index (χ0n) is 11.7. The molecule has 0 amide bonds. The van der Waals surface area contributed by atoms with E-state index in [-0.39, 0.29) is 11.2 Å². The number of hydrogen-bond donors (Lipinski definition) is 1. The smallest absolute Gasteiger partial charge is 0.125 e. The Morgan fingerprint density at radius 3 is 2.84 bits per heavy atom. The van der Waals surface area contributed by atoms with Crippen LogP contribution >= 0.6 is 0 Å². The van der Waals surface area contributed by atoms with Gasteiger partial charge in [0.15, 0.2) is 0 Å². The van der Waals surface area contributed by atoms with E-state index in [2.05, 4.69) is 23.7 Å².